The zero-order chi connectivity index (χ0) is 27.2. The molecular formula is C29H32N6O4. The molecule has 2 heterocycles. The highest BCUT2D eigenvalue weighted by Crippen LogP contribution is 2.32. The smallest absolute Gasteiger partial charge is 0.294 e. The highest BCUT2D eigenvalue weighted by atomic mass is 16.5. The number of likely N-dealkylation sites (N-methyl/N-ethyl adjacent to an activating group) is 1. The fourth-order valence-electron chi connectivity index (χ4n) is 4.47. The number of amides is 1. The van der Waals surface area contributed by atoms with Crippen molar-refractivity contribution in [2.24, 2.45) is 10.2 Å². The number of methoxy groups -OCH3 is 2. The lowest BCUT2D eigenvalue weighted by Crippen LogP contribution is -2.44. The van der Waals surface area contributed by atoms with Crippen LogP contribution >= 0.6 is 0 Å². The van der Waals surface area contributed by atoms with E-state index in [0.29, 0.717) is 29.4 Å². The number of hydrazone groups is 2. The Morgan fingerprint density at radius 1 is 0.923 bits per heavy atom. The molecule has 202 valence electrons. The van der Waals surface area contributed by atoms with Gasteiger partial charge in [0.05, 0.1) is 25.6 Å². The van der Waals surface area contributed by atoms with Gasteiger partial charge in [-0.15, -0.1) is 0 Å². The molecule has 0 atom stereocenters. The molecule has 0 saturated carbocycles. The molecule has 10 heteroatoms. The second-order valence-electron chi connectivity index (χ2n) is 9.29. The van der Waals surface area contributed by atoms with Crippen LogP contribution in [-0.4, -0.2) is 69.7 Å². The molecule has 3 aromatic rings. The molecule has 0 aliphatic carbocycles. The fourth-order valence-corrected chi connectivity index (χ4v) is 4.47. The summed E-state index contributed by atoms with van der Waals surface area (Å²) in [6, 6.07) is 21.1. The van der Waals surface area contributed by atoms with Crippen LogP contribution in [0.25, 0.3) is 0 Å². The zero-order valence-corrected chi connectivity index (χ0v) is 22.3. The first kappa shape index (κ1) is 26.1. The van der Waals surface area contributed by atoms with E-state index in [1.54, 1.807) is 26.4 Å². The summed E-state index contributed by atoms with van der Waals surface area (Å²) in [6.07, 6.45) is 0. The Morgan fingerprint density at radius 2 is 1.67 bits per heavy atom. The van der Waals surface area contributed by atoms with Crippen LogP contribution in [0.5, 0.6) is 17.2 Å². The number of rotatable bonds is 9. The van der Waals surface area contributed by atoms with E-state index in [4.69, 9.17) is 14.2 Å². The maximum Gasteiger partial charge on any atom is 0.294 e. The first-order valence-corrected chi connectivity index (χ1v) is 12.7. The van der Waals surface area contributed by atoms with Crippen molar-refractivity contribution in [3.63, 3.8) is 0 Å². The van der Waals surface area contributed by atoms with Gasteiger partial charge in [0, 0.05) is 31.7 Å². The SMILES string of the molecule is COc1cc(C2=NNC(=O)/C2=N/Nc2ccc(OC)c(N3CCN(C)CC3)c2)ccc1OCc1ccccc1. The summed E-state index contributed by atoms with van der Waals surface area (Å²) in [5.74, 6) is 1.52. The number of nitrogens with one attached hydrogen (secondary N) is 2. The van der Waals surface area contributed by atoms with Gasteiger partial charge in [-0.3, -0.25) is 10.2 Å². The van der Waals surface area contributed by atoms with Crippen molar-refractivity contribution in [2.75, 3.05) is 57.8 Å². The van der Waals surface area contributed by atoms with Gasteiger partial charge in [0.1, 0.15) is 18.1 Å². The van der Waals surface area contributed by atoms with E-state index in [1.165, 1.54) is 0 Å². The Bertz CT molecular complexity index is 1380. The lowest BCUT2D eigenvalue weighted by molar-refractivity contribution is -0.114. The summed E-state index contributed by atoms with van der Waals surface area (Å²) in [7, 11) is 5.36. The van der Waals surface area contributed by atoms with Crippen LogP contribution in [0, 0.1) is 0 Å². The topological polar surface area (TPSA) is 100 Å². The van der Waals surface area contributed by atoms with Crippen molar-refractivity contribution in [3.8, 4) is 17.2 Å². The molecule has 3 aromatic carbocycles. The average molecular weight is 529 g/mol. The predicted octanol–water partition coefficient (Wildman–Crippen LogP) is 3.34. The first-order chi connectivity index (χ1) is 19.1. The molecule has 0 spiro atoms. The summed E-state index contributed by atoms with van der Waals surface area (Å²) >= 11 is 0. The summed E-state index contributed by atoms with van der Waals surface area (Å²) in [4.78, 5) is 17.2. The molecule has 39 heavy (non-hydrogen) atoms. The van der Waals surface area contributed by atoms with Crippen molar-refractivity contribution >= 4 is 28.7 Å². The number of hydrogen-bond donors (Lipinski definition) is 2. The Labute approximate surface area is 227 Å². The number of hydrogen-bond acceptors (Lipinski definition) is 9. The molecule has 2 aliphatic heterocycles. The predicted molar refractivity (Wildman–Crippen MR) is 152 cm³/mol. The number of carbonyl (C=O) groups is 1. The van der Waals surface area contributed by atoms with E-state index in [0.717, 1.165) is 48.9 Å². The Kier molecular flexibility index (Phi) is 7.93. The monoisotopic (exact) mass is 528 g/mol. The van der Waals surface area contributed by atoms with E-state index in [-0.39, 0.29) is 5.71 Å². The van der Waals surface area contributed by atoms with Gasteiger partial charge in [-0.2, -0.15) is 10.2 Å². The van der Waals surface area contributed by atoms with Gasteiger partial charge in [-0.1, -0.05) is 30.3 Å². The molecule has 0 unspecified atom stereocenters. The van der Waals surface area contributed by atoms with Crippen molar-refractivity contribution in [2.45, 2.75) is 6.61 Å². The molecule has 2 N–H and O–H groups in total. The highest BCUT2D eigenvalue weighted by molar-refractivity contribution is 6.72. The Morgan fingerprint density at radius 3 is 2.41 bits per heavy atom. The molecule has 0 bridgehead atoms. The van der Waals surface area contributed by atoms with E-state index in [9.17, 15) is 4.79 Å². The van der Waals surface area contributed by atoms with Gasteiger partial charge in [0.15, 0.2) is 17.2 Å². The molecule has 10 nitrogen and oxygen atoms in total. The lowest BCUT2D eigenvalue weighted by atomic mass is 10.1. The number of ether oxygens (including phenoxy) is 3. The van der Waals surface area contributed by atoms with E-state index in [2.05, 4.69) is 37.9 Å². The Hall–Kier alpha value is -4.57. The number of anilines is 2. The minimum Gasteiger partial charge on any atom is -0.495 e. The van der Waals surface area contributed by atoms with Crippen molar-refractivity contribution in [1.82, 2.24) is 10.3 Å². The van der Waals surface area contributed by atoms with Crippen LogP contribution in [0.4, 0.5) is 11.4 Å². The third-order valence-corrected chi connectivity index (χ3v) is 6.70. The molecule has 1 fully saturated rings. The molecule has 0 radical (unpaired) electrons. The summed E-state index contributed by atoms with van der Waals surface area (Å²) in [5, 5.41) is 8.65. The standard InChI is InChI=1S/C29H32N6O4/c1-34-13-15-35(16-14-34)23-18-22(10-12-24(23)37-2)30-32-28-27(31-33-29(28)36)21-9-11-25(26(17-21)38-3)39-19-20-7-5-4-6-8-20/h4-12,17-18,30H,13-16,19H2,1-3H3,(H,32,33,36). The second-order valence-corrected chi connectivity index (χ2v) is 9.29. The van der Waals surface area contributed by atoms with Gasteiger partial charge in [0.2, 0.25) is 0 Å². The van der Waals surface area contributed by atoms with E-state index >= 15 is 0 Å². The second kappa shape index (κ2) is 11.9. The number of piperazine rings is 1. The molecule has 1 saturated heterocycles. The third kappa shape index (κ3) is 5.96. The zero-order valence-electron chi connectivity index (χ0n) is 22.3. The van der Waals surface area contributed by atoms with Gasteiger partial charge >= 0.3 is 0 Å². The fraction of sp³-hybridized carbons (Fsp3) is 0.276. The van der Waals surface area contributed by atoms with Crippen molar-refractivity contribution in [3.05, 3.63) is 77.9 Å². The van der Waals surface area contributed by atoms with Crippen molar-refractivity contribution < 1.29 is 19.0 Å². The summed E-state index contributed by atoms with van der Waals surface area (Å²) < 4.78 is 17.1. The van der Waals surface area contributed by atoms with Crippen LogP contribution in [0.1, 0.15) is 11.1 Å². The summed E-state index contributed by atoms with van der Waals surface area (Å²) in [5.41, 5.74) is 9.57. The first-order valence-electron chi connectivity index (χ1n) is 12.7. The quantitative estimate of drug-likeness (QED) is 0.411. The van der Waals surface area contributed by atoms with Gasteiger partial charge in [-0.25, -0.2) is 5.43 Å². The van der Waals surface area contributed by atoms with Gasteiger partial charge < -0.3 is 24.0 Å². The van der Waals surface area contributed by atoms with Crippen molar-refractivity contribution in [1.29, 1.82) is 0 Å². The lowest BCUT2D eigenvalue weighted by Gasteiger charge is -2.34. The minimum atomic E-state index is -0.395. The molecule has 2 aliphatic rings. The van der Waals surface area contributed by atoms with Gasteiger partial charge in [0.25, 0.3) is 5.91 Å². The maximum absolute atomic E-state index is 12.6. The molecule has 5 rings (SSSR count). The van der Waals surface area contributed by atoms with E-state index < -0.39 is 5.91 Å². The average Bonchev–Trinajstić information content (AvgIpc) is 3.35. The van der Waals surface area contributed by atoms with Crippen LogP contribution in [0.15, 0.2) is 76.9 Å². The minimum absolute atomic E-state index is 0.173. The number of benzene rings is 3. The largest absolute Gasteiger partial charge is 0.495 e. The van der Waals surface area contributed by atoms with Crippen LogP contribution < -0.4 is 30.0 Å². The van der Waals surface area contributed by atoms with Crippen LogP contribution in [0.3, 0.4) is 0 Å². The van der Waals surface area contributed by atoms with Crippen LogP contribution in [0.2, 0.25) is 0 Å². The molecular weight excluding hydrogens is 496 g/mol. The Balaban J connectivity index is 1.34. The number of carbonyl (C=O) groups excluding carboxylic acids is 1. The summed E-state index contributed by atoms with van der Waals surface area (Å²) in [6.45, 7) is 4.16. The maximum atomic E-state index is 12.6. The highest BCUT2D eigenvalue weighted by Gasteiger charge is 2.27. The normalized spacial score (nSPS) is 16.6. The van der Waals surface area contributed by atoms with E-state index in [1.807, 2.05) is 54.6 Å². The van der Waals surface area contributed by atoms with Gasteiger partial charge in [-0.05, 0) is 49.0 Å². The molecule has 0 aromatic heterocycles. The third-order valence-electron chi connectivity index (χ3n) is 6.70. The number of nitrogens with zero attached hydrogens (tertiary/aromatic N) is 4. The van der Waals surface area contributed by atoms with Crippen LogP contribution in [-0.2, 0) is 11.4 Å². The molecule has 1 amide bonds.